The van der Waals surface area contributed by atoms with Gasteiger partial charge in [-0.15, -0.1) is 0 Å². The summed E-state index contributed by atoms with van der Waals surface area (Å²) >= 11 is 0. The summed E-state index contributed by atoms with van der Waals surface area (Å²) in [5.41, 5.74) is 1.59. The van der Waals surface area contributed by atoms with Crippen LogP contribution in [0.25, 0.3) is 0 Å². The van der Waals surface area contributed by atoms with Gasteiger partial charge in [-0.3, -0.25) is 0 Å². The predicted octanol–water partition coefficient (Wildman–Crippen LogP) is 5.67. The van der Waals surface area contributed by atoms with E-state index in [0.29, 0.717) is 22.3 Å². The van der Waals surface area contributed by atoms with Gasteiger partial charge < -0.3 is 14.2 Å². The van der Waals surface area contributed by atoms with E-state index in [0.717, 1.165) is 0 Å². The number of hydrogen-bond acceptors (Lipinski definition) is 6. The van der Waals surface area contributed by atoms with Crippen molar-refractivity contribution < 1.29 is 28.6 Å². The van der Waals surface area contributed by atoms with Gasteiger partial charge in [-0.2, -0.15) is 0 Å². The van der Waals surface area contributed by atoms with Crippen LogP contribution in [0.1, 0.15) is 42.7 Å². The van der Waals surface area contributed by atoms with Crippen LogP contribution in [0.5, 0.6) is 0 Å². The van der Waals surface area contributed by atoms with Crippen LogP contribution in [0.15, 0.2) is 121 Å². The van der Waals surface area contributed by atoms with E-state index in [-0.39, 0.29) is 6.61 Å². The molecule has 180 valence electrons. The lowest BCUT2D eigenvalue weighted by Crippen LogP contribution is -2.34. The maximum absolute atomic E-state index is 13.0. The van der Waals surface area contributed by atoms with Gasteiger partial charge in [-0.05, 0) is 42.0 Å². The minimum atomic E-state index is -1.11. The molecule has 0 heterocycles. The van der Waals surface area contributed by atoms with Gasteiger partial charge in [0, 0.05) is 0 Å². The molecule has 0 radical (unpaired) electrons. The van der Waals surface area contributed by atoms with Crippen LogP contribution >= 0.6 is 0 Å². The SMILES string of the molecule is O=C(OC[C@@H](OC(=O)c1ccccc1)[C@@H](OC(=O)c1ccccc1)c1ccccc1)c1ccccc1. The number of benzene rings is 4. The Hall–Kier alpha value is -4.71. The maximum atomic E-state index is 13.0. The summed E-state index contributed by atoms with van der Waals surface area (Å²) in [7, 11) is 0. The fraction of sp³-hybridized carbons (Fsp3) is 0.100. The first-order valence-electron chi connectivity index (χ1n) is 11.4. The molecule has 4 rings (SSSR count). The molecule has 4 aromatic carbocycles. The third-order valence-corrected chi connectivity index (χ3v) is 5.37. The molecule has 0 aliphatic rings. The molecule has 0 aliphatic carbocycles. The maximum Gasteiger partial charge on any atom is 0.338 e. The first kappa shape index (κ1) is 24.4. The molecule has 0 bridgehead atoms. The van der Waals surface area contributed by atoms with Gasteiger partial charge in [0.15, 0.2) is 12.2 Å². The molecule has 0 aliphatic heterocycles. The van der Waals surface area contributed by atoms with Crippen molar-refractivity contribution in [2.45, 2.75) is 12.2 Å². The summed E-state index contributed by atoms with van der Waals surface area (Å²) in [6, 6.07) is 34.3. The minimum Gasteiger partial charge on any atom is -0.458 e. The molecule has 0 spiro atoms. The van der Waals surface area contributed by atoms with E-state index in [2.05, 4.69) is 0 Å². The molecular weight excluding hydrogens is 456 g/mol. The second kappa shape index (κ2) is 12.1. The minimum absolute atomic E-state index is 0.318. The highest BCUT2D eigenvalue weighted by molar-refractivity contribution is 5.91. The lowest BCUT2D eigenvalue weighted by molar-refractivity contribution is -0.0592. The van der Waals surface area contributed by atoms with Crippen molar-refractivity contribution in [2.24, 2.45) is 0 Å². The van der Waals surface area contributed by atoms with Crippen LogP contribution in [0.4, 0.5) is 0 Å². The highest BCUT2D eigenvalue weighted by Gasteiger charge is 2.32. The number of rotatable bonds is 9. The Morgan fingerprint density at radius 1 is 0.500 bits per heavy atom. The molecule has 0 saturated heterocycles. The number of esters is 3. The van der Waals surface area contributed by atoms with Gasteiger partial charge in [0.05, 0.1) is 16.7 Å². The van der Waals surface area contributed by atoms with Gasteiger partial charge >= 0.3 is 17.9 Å². The number of carbonyl (C=O) groups is 3. The quantitative estimate of drug-likeness (QED) is 0.227. The molecule has 36 heavy (non-hydrogen) atoms. The highest BCUT2D eigenvalue weighted by Crippen LogP contribution is 2.27. The lowest BCUT2D eigenvalue weighted by Gasteiger charge is -2.27. The van der Waals surface area contributed by atoms with Crippen molar-refractivity contribution in [3.05, 3.63) is 144 Å². The molecule has 0 fully saturated rings. The zero-order chi connectivity index (χ0) is 25.2. The molecule has 6 heteroatoms. The van der Waals surface area contributed by atoms with Gasteiger partial charge in [-0.25, -0.2) is 14.4 Å². The van der Waals surface area contributed by atoms with Crippen molar-refractivity contribution >= 4 is 17.9 Å². The van der Waals surface area contributed by atoms with Crippen molar-refractivity contribution in [3.8, 4) is 0 Å². The van der Waals surface area contributed by atoms with Gasteiger partial charge in [0.25, 0.3) is 0 Å². The normalized spacial score (nSPS) is 12.1. The molecule has 2 atom stereocenters. The Morgan fingerprint density at radius 3 is 1.36 bits per heavy atom. The van der Waals surface area contributed by atoms with Gasteiger partial charge in [-0.1, -0.05) is 84.9 Å². The highest BCUT2D eigenvalue weighted by atomic mass is 16.6. The molecule has 0 amide bonds. The molecule has 0 unspecified atom stereocenters. The average Bonchev–Trinajstić information content (AvgIpc) is 2.95. The van der Waals surface area contributed by atoms with E-state index in [4.69, 9.17) is 14.2 Å². The summed E-state index contributed by atoms with van der Waals surface area (Å²) in [4.78, 5) is 38.6. The average molecular weight is 481 g/mol. The molecule has 4 aromatic rings. The molecule has 6 nitrogen and oxygen atoms in total. The number of hydrogen-bond donors (Lipinski definition) is 0. The first-order chi connectivity index (χ1) is 17.6. The van der Waals surface area contributed by atoms with E-state index in [9.17, 15) is 14.4 Å². The number of ether oxygens (including phenoxy) is 3. The molecule has 0 aromatic heterocycles. The second-order valence-electron chi connectivity index (χ2n) is 7.88. The predicted molar refractivity (Wildman–Crippen MR) is 133 cm³/mol. The Labute approximate surface area is 209 Å². The first-order valence-corrected chi connectivity index (χ1v) is 11.4. The summed E-state index contributed by atoms with van der Waals surface area (Å²) in [5.74, 6) is -1.81. The van der Waals surface area contributed by atoms with E-state index >= 15 is 0 Å². The zero-order valence-electron chi connectivity index (χ0n) is 19.4. The van der Waals surface area contributed by atoms with Crippen LogP contribution in [0, 0.1) is 0 Å². The van der Waals surface area contributed by atoms with E-state index in [1.54, 1.807) is 115 Å². The second-order valence-corrected chi connectivity index (χ2v) is 7.88. The van der Waals surface area contributed by atoms with E-state index in [1.165, 1.54) is 0 Å². The van der Waals surface area contributed by atoms with E-state index < -0.39 is 30.1 Å². The number of carbonyl (C=O) groups excluding carboxylic acids is 3. The molecule has 0 saturated carbocycles. The monoisotopic (exact) mass is 480 g/mol. The van der Waals surface area contributed by atoms with Crippen molar-refractivity contribution in [3.63, 3.8) is 0 Å². The third-order valence-electron chi connectivity index (χ3n) is 5.37. The van der Waals surface area contributed by atoms with Gasteiger partial charge in [0.1, 0.15) is 6.61 Å². The summed E-state index contributed by atoms with van der Waals surface area (Å²) < 4.78 is 17.1. The Morgan fingerprint density at radius 2 is 0.889 bits per heavy atom. The smallest absolute Gasteiger partial charge is 0.338 e. The van der Waals surface area contributed by atoms with E-state index in [1.807, 2.05) is 6.07 Å². The fourth-order valence-electron chi connectivity index (χ4n) is 3.54. The Bertz CT molecular complexity index is 1270. The standard InChI is InChI=1S/C30H24O6/c31-28(23-15-7-2-8-16-23)34-21-26(35-29(32)24-17-9-3-10-18-24)27(22-13-5-1-6-14-22)36-30(33)25-19-11-4-12-20-25/h1-20,26-27H,21H2/t26-,27+/m1/s1. The van der Waals surface area contributed by atoms with Crippen LogP contribution < -0.4 is 0 Å². The summed E-state index contributed by atoms with van der Waals surface area (Å²) in [6.45, 7) is -0.325. The summed E-state index contributed by atoms with van der Waals surface area (Å²) in [5, 5.41) is 0. The van der Waals surface area contributed by atoms with Gasteiger partial charge in [0.2, 0.25) is 0 Å². The van der Waals surface area contributed by atoms with Crippen molar-refractivity contribution in [1.29, 1.82) is 0 Å². The van der Waals surface area contributed by atoms with Crippen molar-refractivity contribution in [1.82, 2.24) is 0 Å². The summed E-state index contributed by atoms with van der Waals surface area (Å²) in [6.07, 6.45) is -2.14. The lowest BCUT2D eigenvalue weighted by atomic mass is 10.0. The van der Waals surface area contributed by atoms with Crippen LogP contribution in [-0.4, -0.2) is 30.6 Å². The molecule has 0 N–H and O–H groups in total. The van der Waals surface area contributed by atoms with Crippen LogP contribution in [0.2, 0.25) is 0 Å². The van der Waals surface area contributed by atoms with Crippen LogP contribution in [-0.2, 0) is 14.2 Å². The molecular formula is C30H24O6. The van der Waals surface area contributed by atoms with Crippen molar-refractivity contribution in [2.75, 3.05) is 6.61 Å². The van der Waals surface area contributed by atoms with Crippen LogP contribution in [0.3, 0.4) is 0 Å². The largest absolute Gasteiger partial charge is 0.458 e. The Balaban J connectivity index is 1.63. The topological polar surface area (TPSA) is 78.9 Å². The third kappa shape index (κ3) is 6.45. The zero-order valence-corrected chi connectivity index (χ0v) is 19.4. The fourth-order valence-corrected chi connectivity index (χ4v) is 3.54. The Kier molecular flexibility index (Phi) is 8.22.